The van der Waals surface area contributed by atoms with Crippen molar-refractivity contribution in [2.24, 2.45) is 11.8 Å². The monoisotopic (exact) mass is 214 g/mol. The average molecular weight is 214 g/mol. The molecule has 0 unspecified atom stereocenters. The third-order valence-electron chi connectivity index (χ3n) is 1.93. The third kappa shape index (κ3) is 5.99. The van der Waals surface area contributed by atoms with E-state index in [1.54, 1.807) is 0 Å². The standard InChI is InChI=1S/C11H18O4/c1-7(2)6-15-11(14)5-10(8(3)12)9(4)13/h7,10H,5-6H2,1-4H3. The van der Waals surface area contributed by atoms with Crippen LogP contribution in [-0.2, 0) is 19.1 Å². The lowest BCUT2D eigenvalue weighted by molar-refractivity contribution is -0.149. The lowest BCUT2D eigenvalue weighted by Crippen LogP contribution is -2.24. The summed E-state index contributed by atoms with van der Waals surface area (Å²) in [7, 11) is 0. The summed E-state index contributed by atoms with van der Waals surface area (Å²) in [4.78, 5) is 33.3. The molecule has 0 N–H and O–H groups in total. The minimum Gasteiger partial charge on any atom is -0.465 e. The van der Waals surface area contributed by atoms with E-state index in [0.29, 0.717) is 6.61 Å². The van der Waals surface area contributed by atoms with Gasteiger partial charge in [-0.3, -0.25) is 14.4 Å². The van der Waals surface area contributed by atoms with Gasteiger partial charge in [-0.2, -0.15) is 0 Å². The summed E-state index contributed by atoms with van der Waals surface area (Å²) in [5.41, 5.74) is 0. The van der Waals surface area contributed by atoms with E-state index in [1.807, 2.05) is 13.8 Å². The minimum absolute atomic E-state index is 0.141. The van der Waals surface area contributed by atoms with Gasteiger partial charge in [0.1, 0.15) is 11.6 Å². The second kappa shape index (κ2) is 6.32. The average Bonchev–Trinajstić information content (AvgIpc) is 2.09. The first kappa shape index (κ1) is 13.8. The fourth-order valence-corrected chi connectivity index (χ4v) is 1.06. The van der Waals surface area contributed by atoms with Gasteiger partial charge >= 0.3 is 5.97 Å². The molecule has 0 fully saturated rings. The lowest BCUT2D eigenvalue weighted by Gasteiger charge is -2.11. The van der Waals surface area contributed by atoms with Crippen LogP contribution in [0.1, 0.15) is 34.1 Å². The first-order valence-electron chi connectivity index (χ1n) is 5.01. The van der Waals surface area contributed by atoms with Gasteiger partial charge in [-0.15, -0.1) is 0 Å². The molecular formula is C11H18O4. The van der Waals surface area contributed by atoms with Gasteiger partial charge in [0, 0.05) is 0 Å². The first-order valence-corrected chi connectivity index (χ1v) is 5.01. The molecule has 0 saturated carbocycles. The van der Waals surface area contributed by atoms with Gasteiger partial charge < -0.3 is 4.74 Å². The molecule has 0 aliphatic rings. The number of ether oxygens (including phenoxy) is 1. The zero-order valence-corrected chi connectivity index (χ0v) is 9.70. The van der Waals surface area contributed by atoms with Crippen molar-refractivity contribution < 1.29 is 19.1 Å². The maximum atomic E-state index is 11.2. The van der Waals surface area contributed by atoms with Crippen LogP contribution in [0.3, 0.4) is 0 Å². The normalized spacial score (nSPS) is 10.5. The quantitative estimate of drug-likeness (QED) is 0.495. The Hall–Kier alpha value is -1.19. The molecule has 4 nitrogen and oxygen atoms in total. The number of rotatable bonds is 6. The molecule has 0 heterocycles. The van der Waals surface area contributed by atoms with Crippen molar-refractivity contribution in [3.05, 3.63) is 0 Å². The van der Waals surface area contributed by atoms with E-state index in [9.17, 15) is 14.4 Å². The summed E-state index contributed by atoms with van der Waals surface area (Å²) in [5.74, 6) is -1.65. The van der Waals surface area contributed by atoms with Crippen LogP contribution in [0.2, 0.25) is 0 Å². The first-order chi connectivity index (χ1) is 6.84. The van der Waals surface area contributed by atoms with Crippen LogP contribution in [0.5, 0.6) is 0 Å². The molecule has 0 aliphatic heterocycles. The molecule has 0 amide bonds. The Morgan fingerprint density at radius 1 is 1.07 bits per heavy atom. The smallest absolute Gasteiger partial charge is 0.306 e. The van der Waals surface area contributed by atoms with Crippen molar-refractivity contribution in [1.29, 1.82) is 0 Å². The minimum atomic E-state index is -0.843. The Balaban J connectivity index is 4.13. The van der Waals surface area contributed by atoms with Crippen molar-refractivity contribution in [2.75, 3.05) is 6.61 Å². The molecule has 4 heteroatoms. The summed E-state index contributed by atoms with van der Waals surface area (Å²) in [6, 6.07) is 0. The number of carbonyl (C=O) groups is 3. The number of hydrogen-bond acceptors (Lipinski definition) is 4. The summed E-state index contributed by atoms with van der Waals surface area (Å²) in [6.07, 6.45) is -0.141. The number of esters is 1. The molecule has 0 atom stereocenters. The Kier molecular flexibility index (Phi) is 5.82. The van der Waals surface area contributed by atoms with E-state index >= 15 is 0 Å². The molecule has 15 heavy (non-hydrogen) atoms. The molecule has 0 aromatic heterocycles. The number of carbonyl (C=O) groups excluding carboxylic acids is 3. The largest absolute Gasteiger partial charge is 0.465 e. The van der Waals surface area contributed by atoms with Crippen molar-refractivity contribution >= 4 is 17.5 Å². The Bertz CT molecular complexity index is 241. The Morgan fingerprint density at radius 3 is 1.87 bits per heavy atom. The highest BCUT2D eigenvalue weighted by molar-refractivity contribution is 6.02. The van der Waals surface area contributed by atoms with Gasteiger partial charge in [0.25, 0.3) is 0 Å². The van der Waals surface area contributed by atoms with Gasteiger partial charge in [0.05, 0.1) is 18.9 Å². The van der Waals surface area contributed by atoms with E-state index < -0.39 is 11.9 Å². The van der Waals surface area contributed by atoms with Crippen LogP contribution in [0, 0.1) is 11.8 Å². The predicted octanol–water partition coefficient (Wildman–Crippen LogP) is 1.37. The van der Waals surface area contributed by atoms with Gasteiger partial charge in [-0.25, -0.2) is 0 Å². The highest BCUT2D eigenvalue weighted by atomic mass is 16.5. The van der Waals surface area contributed by atoms with Gasteiger partial charge in [0.15, 0.2) is 0 Å². The van der Waals surface area contributed by atoms with E-state index in [-0.39, 0.29) is 23.9 Å². The van der Waals surface area contributed by atoms with Crippen LogP contribution >= 0.6 is 0 Å². The fourth-order valence-electron chi connectivity index (χ4n) is 1.06. The summed E-state index contributed by atoms with van der Waals surface area (Å²) >= 11 is 0. The van der Waals surface area contributed by atoms with Crippen molar-refractivity contribution in [3.63, 3.8) is 0 Å². The zero-order valence-electron chi connectivity index (χ0n) is 9.70. The van der Waals surface area contributed by atoms with Crippen LogP contribution in [0.25, 0.3) is 0 Å². The molecule has 0 saturated heterocycles. The summed E-state index contributed by atoms with van der Waals surface area (Å²) in [6.45, 7) is 6.77. The molecular weight excluding hydrogens is 196 g/mol. The summed E-state index contributed by atoms with van der Waals surface area (Å²) in [5, 5.41) is 0. The van der Waals surface area contributed by atoms with E-state index in [0.717, 1.165) is 0 Å². The highest BCUT2D eigenvalue weighted by Crippen LogP contribution is 2.08. The van der Waals surface area contributed by atoms with Gasteiger partial charge in [-0.05, 0) is 19.8 Å². The van der Waals surface area contributed by atoms with Crippen molar-refractivity contribution in [1.82, 2.24) is 0 Å². The van der Waals surface area contributed by atoms with Crippen LogP contribution in [-0.4, -0.2) is 24.1 Å². The molecule has 0 bridgehead atoms. The van der Waals surface area contributed by atoms with Crippen LogP contribution < -0.4 is 0 Å². The highest BCUT2D eigenvalue weighted by Gasteiger charge is 2.23. The SMILES string of the molecule is CC(=O)C(CC(=O)OCC(C)C)C(C)=O. The maximum absolute atomic E-state index is 11.2. The second-order valence-electron chi connectivity index (χ2n) is 4.05. The topological polar surface area (TPSA) is 60.4 Å². The number of ketones is 2. The summed E-state index contributed by atoms with van der Waals surface area (Å²) < 4.78 is 4.89. The Labute approximate surface area is 90.0 Å². The molecule has 0 aromatic rings. The number of Topliss-reactive ketones (excluding diaryl/α,β-unsaturated/α-hetero) is 2. The van der Waals surface area contributed by atoms with Crippen molar-refractivity contribution in [2.45, 2.75) is 34.1 Å². The molecule has 0 aromatic carbocycles. The van der Waals surface area contributed by atoms with Gasteiger partial charge in [0.2, 0.25) is 0 Å². The Morgan fingerprint density at radius 2 is 1.53 bits per heavy atom. The molecule has 0 aliphatic carbocycles. The fraction of sp³-hybridized carbons (Fsp3) is 0.727. The molecule has 0 rings (SSSR count). The van der Waals surface area contributed by atoms with Gasteiger partial charge in [-0.1, -0.05) is 13.8 Å². The van der Waals surface area contributed by atoms with E-state index in [1.165, 1.54) is 13.8 Å². The van der Waals surface area contributed by atoms with E-state index in [4.69, 9.17) is 4.74 Å². The van der Waals surface area contributed by atoms with Crippen LogP contribution in [0.15, 0.2) is 0 Å². The van der Waals surface area contributed by atoms with Crippen molar-refractivity contribution in [3.8, 4) is 0 Å². The maximum Gasteiger partial charge on any atom is 0.306 e. The predicted molar refractivity (Wildman–Crippen MR) is 55.3 cm³/mol. The lowest BCUT2D eigenvalue weighted by atomic mass is 9.97. The molecule has 86 valence electrons. The second-order valence-corrected chi connectivity index (χ2v) is 4.05. The zero-order chi connectivity index (χ0) is 12.0. The molecule has 0 spiro atoms. The van der Waals surface area contributed by atoms with Crippen LogP contribution in [0.4, 0.5) is 0 Å². The van der Waals surface area contributed by atoms with E-state index in [2.05, 4.69) is 0 Å². The number of hydrogen-bond donors (Lipinski definition) is 0. The third-order valence-corrected chi connectivity index (χ3v) is 1.93. The molecule has 0 radical (unpaired) electrons.